The molecule has 0 aliphatic carbocycles. The van der Waals surface area contributed by atoms with Crippen molar-refractivity contribution in [3.05, 3.63) is 208 Å². The van der Waals surface area contributed by atoms with Crippen LogP contribution in [0.3, 0.4) is 0 Å². The number of anilines is 2. The Morgan fingerprint density at radius 1 is 0.581 bits per heavy atom. The Morgan fingerprint density at radius 2 is 1.01 bits per heavy atom. The maximum Gasteiger partial charge on any atom is 0.342 e. The summed E-state index contributed by atoms with van der Waals surface area (Å²) in [5.41, 5.74) is 15.1. The average Bonchev–Trinajstić information content (AvgIpc) is 4.19. The molecular formula is C55H44N6O10S3. The van der Waals surface area contributed by atoms with Crippen LogP contribution >= 0.6 is 23.5 Å². The van der Waals surface area contributed by atoms with Crippen LogP contribution in [0.25, 0.3) is 33.2 Å². The highest BCUT2D eigenvalue weighted by Crippen LogP contribution is 2.47. The Kier molecular flexibility index (Phi) is 13.3. The minimum absolute atomic E-state index is 0.141. The first-order valence-electron chi connectivity index (χ1n) is 22.8. The van der Waals surface area contributed by atoms with Crippen molar-refractivity contribution in [2.75, 3.05) is 24.7 Å². The topological polar surface area (TPSA) is 235 Å². The number of ether oxygens (including phenoxy) is 4. The largest absolute Gasteiger partial charge is 0.497 e. The van der Waals surface area contributed by atoms with Crippen LogP contribution in [0, 0.1) is 6.92 Å². The quantitative estimate of drug-likeness (QED) is 0.0623. The van der Waals surface area contributed by atoms with Gasteiger partial charge in [0.1, 0.15) is 33.6 Å². The van der Waals surface area contributed by atoms with Crippen molar-refractivity contribution in [1.82, 2.24) is 17.5 Å². The minimum atomic E-state index is -3.79. The first-order chi connectivity index (χ1) is 35.6. The van der Waals surface area contributed by atoms with Gasteiger partial charge in [0.25, 0.3) is 21.6 Å². The fourth-order valence-corrected chi connectivity index (χ4v) is 11.2. The summed E-state index contributed by atoms with van der Waals surface area (Å²) in [5, 5.41) is 23.6. The lowest BCUT2D eigenvalue weighted by Crippen LogP contribution is -2.29. The van der Waals surface area contributed by atoms with Gasteiger partial charge in [-0.3, -0.25) is 4.72 Å². The van der Waals surface area contributed by atoms with E-state index in [2.05, 4.69) is 22.2 Å². The van der Waals surface area contributed by atoms with Crippen molar-refractivity contribution in [3.8, 4) is 11.5 Å². The van der Waals surface area contributed by atoms with E-state index in [9.17, 15) is 28.2 Å². The molecule has 19 heteroatoms. The minimum Gasteiger partial charge on any atom is -0.497 e. The molecule has 372 valence electrons. The van der Waals surface area contributed by atoms with Crippen LogP contribution < -0.4 is 19.9 Å². The van der Waals surface area contributed by atoms with Gasteiger partial charge in [0.2, 0.25) is 0 Å². The summed E-state index contributed by atoms with van der Waals surface area (Å²) in [6.45, 7) is 1.74. The van der Waals surface area contributed by atoms with Crippen molar-refractivity contribution >= 4 is 90.0 Å². The summed E-state index contributed by atoms with van der Waals surface area (Å²) in [4.78, 5) is 26.7. The number of fused-ring (bicyclic) bond motifs is 2. The number of benzene rings is 7. The fourth-order valence-electron chi connectivity index (χ4n) is 8.86. The lowest BCUT2D eigenvalue weighted by atomic mass is 9.88. The molecule has 0 spiro atoms. The summed E-state index contributed by atoms with van der Waals surface area (Å²) < 4.78 is 67.3. The Labute approximate surface area is 432 Å². The molecule has 0 saturated carbocycles. The average molecular weight is 1050 g/mol. The van der Waals surface area contributed by atoms with E-state index in [1.807, 2.05) is 12.1 Å². The van der Waals surface area contributed by atoms with E-state index in [-0.39, 0.29) is 23.3 Å². The molecule has 2 aliphatic rings. The number of sulfonamides is 1. The number of hydrogen-bond donors (Lipinski definition) is 4. The SMILES string of the molecule is COc1ccc(C2(O)OC(=O)C(c3ccc4nsnc4c3)=C2Cc2ccc(N)cc2)cc1.COc1ccc(C2(O)OC(=O)C(c3ccc4nsnc4c3)=C2Cc2ccc(NS(=O)(=O)c3ccccc3C)cc2)cc1. The molecular weight excluding hydrogens is 1000 g/mol. The molecule has 0 amide bonds. The number of nitrogens with two attached hydrogens (primary N) is 1. The van der Waals surface area contributed by atoms with Crippen molar-refractivity contribution in [2.45, 2.75) is 36.2 Å². The summed E-state index contributed by atoms with van der Waals surface area (Å²) >= 11 is 2.18. The van der Waals surface area contributed by atoms with Crippen LogP contribution in [0.4, 0.5) is 11.4 Å². The molecule has 0 bridgehead atoms. The van der Waals surface area contributed by atoms with Gasteiger partial charge in [-0.25, -0.2) is 18.0 Å². The highest BCUT2D eigenvalue weighted by Gasteiger charge is 2.49. The normalized spacial score (nSPS) is 17.5. The number of aliphatic hydroxyl groups is 2. The summed E-state index contributed by atoms with van der Waals surface area (Å²) in [6.07, 6.45) is 0.430. The number of rotatable bonds is 13. The molecule has 2 aliphatic heterocycles. The Morgan fingerprint density at radius 3 is 1.46 bits per heavy atom. The van der Waals surface area contributed by atoms with Crippen LogP contribution in [0.1, 0.15) is 38.9 Å². The molecule has 0 saturated heterocycles. The summed E-state index contributed by atoms with van der Waals surface area (Å²) in [5.74, 6) is -4.02. The number of nitrogens with one attached hydrogen (secondary N) is 1. The van der Waals surface area contributed by atoms with Gasteiger partial charge in [-0.2, -0.15) is 17.5 Å². The lowest BCUT2D eigenvalue weighted by Gasteiger charge is -2.26. The van der Waals surface area contributed by atoms with E-state index >= 15 is 0 Å². The molecule has 74 heavy (non-hydrogen) atoms. The van der Waals surface area contributed by atoms with Crippen LogP contribution in [0.5, 0.6) is 11.5 Å². The van der Waals surface area contributed by atoms with E-state index < -0.39 is 33.5 Å². The van der Waals surface area contributed by atoms with Crippen LogP contribution in [-0.2, 0) is 53.5 Å². The third-order valence-corrected chi connectivity index (χ3v) is 15.3. The van der Waals surface area contributed by atoms with E-state index in [0.717, 1.165) is 40.1 Å². The summed E-state index contributed by atoms with van der Waals surface area (Å²) in [7, 11) is -0.688. The third-order valence-electron chi connectivity index (χ3n) is 12.7. The second kappa shape index (κ2) is 19.9. The molecule has 5 N–H and O–H groups in total. The zero-order valence-corrected chi connectivity index (χ0v) is 42.1. The van der Waals surface area contributed by atoms with Gasteiger partial charge in [0.15, 0.2) is 0 Å². The lowest BCUT2D eigenvalue weighted by molar-refractivity contribution is -0.186. The van der Waals surface area contributed by atoms with Gasteiger partial charge in [-0.05, 0) is 138 Å². The standard InChI is InChI=1S/C31H25N3O6S2.C24H19N3O4S/c1-19-5-3-4-6-28(19)42(37,38)34-23-12-7-20(8-13-23)17-25-29(21-9-16-26-27(18-21)33-41-32-26)30(35)40-31(25,36)22-10-14-24(39-2)15-11-22;1-30-18-9-5-16(6-10-18)24(29)19(12-14-2-7-17(25)8-3-14)22(23(28)31-24)15-4-11-20-21(13-15)27-32-26-20/h3-16,18,34,36H,17H2,1-2H3;2-11,13,29H,12,25H2,1H3. The number of aryl methyl sites for hydroxylation is 1. The van der Waals surface area contributed by atoms with Crippen LogP contribution in [0.2, 0.25) is 0 Å². The van der Waals surface area contributed by atoms with Gasteiger partial charge in [-0.1, -0.05) is 54.6 Å². The molecule has 2 unspecified atom stereocenters. The molecule has 0 radical (unpaired) electrons. The second-order valence-electron chi connectivity index (χ2n) is 17.3. The van der Waals surface area contributed by atoms with Crippen LogP contribution in [-0.4, -0.2) is 62.3 Å². The number of esters is 2. The third kappa shape index (κ3) is 9.57. The first kappa shape index (κ1) is 49.3. The molecule has 2 atom stereocenters. The molecule has 16 nitrogen and oxygen atoms in total. The van der Waals surface area contributed by atoms with E-state index in [1.165, 1.54) is 7.11 Å². The predicted molar refractivity (Wildman–Crippen MR) is 281 cm³/mol. The van der Waals surface area contributed by atoms with Gasteiger partial charge in [0, 0.05) is 46.5 Å². The van der Waals surface area contributed by atoms with Crippen molar-refractivity contribution < 1.29 is 47.2 Å². The smallest absolute Gasteiger partial charge is 0.342 e. The number of nitrogen functional groups attached to an aromatic ring is 1. The monoisotopic (exact) mass is 1040 g/mol. The van der Waals surface area contributed by atoms with Crippen molar-refractivity contribution in [3.63, 3.8) is 0 Å². The highest BCUT2D eigenvalue weighted by atomic mass is 32.2. The van der Waals surface area contributed by atoms with E-state index in [1.54, 1.807) is 160 Å². The number of hydrogen-bond acceptors (Lipinski definition) is 17. The molecule has 11 rings (SSSR count). The van der Waals surface area contributed by atoms with Crippen molar-refractivity contribution in [1.29, 1.82) is 0 Å². The molecule has 7 aromatic carbocycles. The Balaban J connectivity index is 0.000000175. The number of carbonyl (C=O) groups excluding carboxylic acids is 2. The first-order valence-corrected chi connectivity index (χ1v) is 25.7. The maximum atomic E-state index is 13.4. The number of methoxy groups -OCH3 is 2. The van der Waals surface area contributed by atoms with Gasteiger partial charge < -0.3 is 34.9 Å². The highest BCUT2D eigenvalue weighted by molar-refractivity contribution is 7.92. The Hall–Kier alpha value is -8.33. The summed E-state index contributed by atoms with van der Waals surface area (Å²) in [6, 6.07) is 44.9. The molecule has 2 aromatic heterocycles. The zero-order chi connectivity index (χ0) is 51.8. The van der Waals surface area contributed by atoms with Gasteiger partial charge >= 0.3 is 11.9 Å². The fraction of sp³-hybridized carbons (Fsp3) is 0.127. The molecule has 0 fully saturated rings. The van der Waals surface area contributed by atoms with Gasteiger partial charge in [-0.15, -0.1) is 0 Å². The van der Waals surface area contributed by atoms with Gasteiger partial charge in [0.05, 0.1) is 53.7 Å². The second-order valence-corrected chi connectivity index (χ2v) is 20.0. The number of nitrogens with zero attached hydrogens (tertiary/aromatic N) is 4. The zero-order valence-electron chi connectivity index (χ0n) is 39.7. The van der Waals surface area contributed by atoms with Crippen molar-refractivity contribution in [2.24, 2.45) is 0 Å². The number of cyclic esters (lactones) is 2. The number of aromatic nitrogens is 4. The Bertz CT molecular complexity index is 3790. The van der Waals surface area contributed by atoms with E-state index in [4.69, 9.17) is 24.7 Å². The number of carbonyl (C=O) groups is 2. The molecule has 9 aromatic rings. The molecule has 4 heterocycles. The van der Waals surface area contributed by atoms with Crippen LogP contribution in [0.15, 0.2) is 174 Å². The maximum absolute atomic E-state index is 13.4. The predicted octanol–water partition coefficient (Wildman–Crippen LogP) is 8.89. The van der Waals surface area contributed by atoms with E-state index in [0.29, 0.717) is 84.0 Å².